The van der Waals surface area contributed by atoms with E-state index in [4.69, 9.17) is 27.3 Å². The van der Waals surface area contributed by atoms with Crippen molar-refractivity contribution in [3.05, 3.63) is 46.2 Å². The molecule has 12 heteroatoms. The van der Waals surface area contributed by atoms with Gasteiger partial charge in [-0.15, -0.1) is 0 Å². The molecule has 0 spiro atoms. The van der Waals surface area contributed by atoms with Crippen molar-refractivity contribution in [2.45, 2.75) is 42.1 Å². The van der Waals surface area contributed by atoms with E-state index in [0.29, 0.717) is 39.1 Å². The number of H-pyrrole nitrogens is 1. The fourth-order valence-corrected chi connectivity index (χ4v) is 5.70. The molecule has 6 rings (SSSR count). The fraction of sp³-hybridized carbons (Fsp3) is 0.304. The van der Waals surface area contributed by atoms with E-state index < -0.39 is 6.23 Å². The maximum Gasteiger partial charge on any atom is 0.267 e. The number of nitrogens with two attached hydrogens (primary N) is 1. The Kier molecular flexibility index (Phi) is 5.53. The van der Waals surface area contributed by atoms with E-state index in [1.807, 2.05) is 25.1 Å². The first-order valence-electron chi connectivity index (χ1n) is 11.4. The summed E-state index contributed by atoms with van der Waals surface area (Å²) in [6.07, 6.45) is 0.584. The van der Waals surface area contributed by atoms with Crippen LogP contribution in [0.5, 0.6) is 0 Å². The number of aliphatic hydroxyl groups excluding tert-OH is 1. The second-order valence-corrected chi connectivity index (χ2v) is 10.1. The van der Waals surface area contributed by atoms with Crippen molar-refractivity contribution in [1.82, 2.24) is 30.8 Å². The predicted octanol–water partition coefficient (Wildman–Crippen LogP) is 2.65. The Labute approximate surface area is 209 Å². The molecule has 10 nitrogen and oxygen atoms in total. The highest BCUT2D eigenvalue weighted by Gasteiger charge is 2.27. The number of anilines is 1. The summed E-state index contributed by atoms with van der Waals surface area (Å²) in [4.78, 5) is 32.7. The van der Waals surface area contributed by atoms with Gasteiger partial charge in [-0.1, -0.05) is 24.6 Å². The normalized spacial score (nSPS) is 20.0. The first-order valence-corrected chi connectivity index (χ1v) is 12.6. The molecule has 180 valence electrons. The lowest BCUT2D eigenvalue weighted by Gasteiger charge is -2.22. The van der Waals surface area contributed by atoms with Crippen LogP contribution in [0.1, 0.15) is 41.3 Å². The number of hydrazine groups is 1. The topological polar surface area (TPSA) is 145 Å². The Morgan fingerprint density at radius 2 is 2.14 bits per heavy atom. The number of aryl methyl sites for hydroxylation is 1. The molecule has 0 bridgehead atoms. The molecule has 2 aliphatic rings. The molecular weight excluding hydrogens is 488 g/mol. The van der Waals surface area contributed by atoms with Crippen molar-refractivity contribution >= 4 is 57.0 Å². The summed E-state index contributed by atoms with van der Waals surface area (Å²) in [5.41, 5.74) is 14.0. The first kappa shape index (κ1) is 22.5. The number of nitrogens with zero attached hydrogens (tertiary/aromatic N) is 4. The van der Waals surface area contributed by atoms with Crippen LogP contribution in [-0.2, 0) is 6.42 Å². The van der Waals surface area contributed by atoms with Crippen molar-refractivity contribution in [2.24, 2.45) is 5.73 Å². The van der Waals surface area contributed by atoms with Gasteiger partial charge in [-0.05, 0) is 42.8 Å². The molecule has 6 N–H and O–H groups in total. The number of aromatic amines is 1. The third-order valence-electron chi connectivity index (χ3n) is 6.35. The van der Waals surface area contributed by atoms with Gasteiger partial charge in [-0.25, -0.2) is 20.4 Å². The molecule has 5 heterocycles. The number of benzene rings is 1. The molecule has 0 radical (unpaired) electrons. The third kappa shape index (κ3) is 3.89. The Morgan fingerprint density at radius 3 is 2.91 bits per heavy atom. The summed E-state index contributed by atoms with van der Waals surface area (Å²) in [6, 6.07) is 7.57. The van der Waals surface area contributed by atoms with Gasteiger partial charge in [-0.3, -0.25) is 10.2 Å². The number of carbonyl (C=O) groups excluding carboxylic acids is 1. The Hall–Kier alpha value is -2.96. The number of hydrogen-bond donors (Lipinski definition) is 5. The van der Waals surface area contributed by atoms with Crippen LogP contribution in [0, 0.1) is 0 Å². The van der Waals surface area contributed by atoms with Crippen LogP contribution in [0.2, 0.25) is 5.02 Å². The number of halogens is 1. The minimum Gasteiger partial charge on any atom is -0.371 e. The second-order valence-electron chi connectivity index (χ2n) is 8.70. The Morgan fingerprint density at radius 1 is 1.29 bits per heavy atom. The van der Waals surface area contributed by atoms with E-state index in [1.54, 1.807) is 6.07 Å². The van der Waals surface area contributed by atoms with Crippen molar-refractivity contribution in [2.75, 3.05) is 18.0 Å². The van der Waals surface area contributed by atoms with Crippen LogP contribution < -0.4 is 21.5 Å². The lowest BCUT2D eigenvalue weighted by Crippen LogP contribution is -2.45. The van der Waals surface area contributed by atoms with E-state index in [9.17, 15) is 9.90 Å². The SMILES string of the molecule is CCc1[nH]c2nc(Sc3ccc4cc5c(nc4c3)C(O)NNC5=O)nc(N3CC[C@H](N)C3)c2c1Cl. The summed E-state index contributed by atoms with van der Waals surface area (Å²) < 4.78 is 0. The predicted molar refractivity (Wildman–Crippen MR) is 135 cm³/mol. The van der Waals surface area contributed by atoms with Gasteiger partial charge in [0.15, 0.2) is 11.4 Å². The van der Waals surface area contributed by atoms with E-state index >= 15 is 0 Å². The number of fused-ring (bicyclic) bond motifs is 3. The zero-order valence-electron chi connectivity index (χ0n) is 18.8. The maximum atomic E-state index is 12.1. The van der Waals surface area contributed by atoms with Gasteiger partial charge in [0.05, 0.1) is 27.2 Å². The highest BCUT2D eigenvalue weighted by Crippen LogP contribution is 2.38. The van der Waals surface area contributed by atoms with Gasteiger partial charge in [0.2, 0.25) is 0 Å². The van der Waals surface area contributed by atoms with E-state index in [2.05, 4.69) is 25.7 Å². The molecule has 4 aromatic rings. The number of aliphatic hydroxyl groups is 1. The average Bonchev–Trinajstić information content (AvgIpc) is 3.43. The molecule has 0 aliphatic carbocycles. The van der Waals surface area contributed by atoms with Crippen LogP contribution >= 0.6 is 23.4 Å². The molecule has 0 saturated carbocycles. The second kappa shape index (κ2) is 8.61. The molecule has 3 aromatic heterocycles. The fourth-order valence-electron chi connectivity index (χ4n) is 4.56. The monoisotopic (exact) mass is 510 g/mol. The highest BCUT2D eigenvalue weighted by molar-refractivity contribution is 7.99. The quantitative estimate of drug-likeness (QED) is 0.261. The van der Waals surface area contributed by atoms with E-state index in [0.717, 1.165) is 46.6 Å². The van der Waals surface area contributed by atoms with Crippen molar-refractivity contribution in [3.63, 3.8) is 0 Å². The van der Waals surface area contributed by atoms with Crippen LogP contribution in [0.3, 0.4) is 0 Å². The molecule has 1 saturated heterocycles. The van der Waals surface area contributed by atoms with Gasteiger partial charge in [0.1, 0.15) is 11.5 Å². The van der Waals surface area contributed by atoms with Crippen molar-refractivity contribution < 1.29 is 9.90 Å². The van der Waals surface area contributed by atoms with Crippen molar-refractivity contribution in [1.29, 1.82) is 0 Å². The molecule has 1 aromatic carbocycles. The maximum absolute atomic E-state index is 12.1. The number of carbonyl (C=O) groups is 1. The molecule has 2 atom stereocenters. The van der Waals surface area contributed by atoms with Crippen LogP contribution in [0.15, 0.2) is 34.3 Å². The van der Waals surface area contributed by atoms with Crippen LogP contribution in [-0.4, -0.2) is 50.1 Å². The van der Waals surface area contributed by atoms with Crippen molar-refractivity contribution in [3.8, 4) is 0 Å². The first-order chi connectivity index (χ1) is 16.9. The van der Waals surface area contributed by atoms with Gasteiger partial charge in [0, 0.05) is 35.1 Å². The number of amides is 1. The minimum atomic E-state index is -1.08. The van der Waals surface area contributed by atoms with E-state index in [1.165, 1.54) is 11.8 Å². The van der Waals surface area contributed by atoms with E-state index in [-0.39, 0.29) is 11.9 Å². The molecule has 2 aliphatic heterocycles. The summed E-state index contributed by atoms with van der Waals surface area (Å²) >= 11 is 8.11. The standard InChI is InChI=1S/C23H23ClN8O2S/c1-2-14-17(24)16-19(27-14)28-23(29-20(16)32-6-5-11(25)9-32)35-12-4-3-10-7-13-18(26-15(10)8-12)22(34)31-30-21(13)33/h3-4,7-8,11,22,31,34H,2,5-6,9,25H2,1H3,(H,30,33)(H,27,28,29)/t11-,22?/m0/s1. The number of aromatic nitrogens is 4. The van der Waals surface area contributed by atoms with Gasteiger partial charge < -0.3 is 20.7 Å². The lowest BCUT2D eigenvalue weighted by atomic mass is 10.1. The van der Waals surface area contributed by atoms with Crippen LogP contribution in [0.25, 0.3) is 21.9 Å². The average molecular weight is 511 g/mol. The zero-order chi connectivity index (χ0) is 24.3. The Balaban J connectivity index is 1.41. The summed E-state index contributed by atoms with van der Waals surface area (Å²) in [6.45, 7) is 3.57. The van der Waals surface area contributed by atoms with Crippen LogP contribution in [0.4, 0.5) is 5.82 Å². The number of hydrogen-bond acceptors (Lipinski definition) is 9. The third-order valence-corrected chi connectivity index (χ3v) is 7.63. The number of nitrogens with one attached hydrogen (secondary N) is 3. The molecule has 1 amide bonds. The van der Waals surface area contributed by atoms with Gasteiger partial charge in [-0.2, -0.15) is 0 Å². The molecule has 1 unspecified atom stereocenters. The zero-order valence-corrected chi connectivity index (χ0v) is 20.4. The molecule has 35 heavy (non-hydrogen) atoms. The summed E-state index contributed by atoms with van der Waals surface area (Å²) in [5, 5.41) is 13.1. The largest absolute Gasteiger partial charge is 0.371 e. The van der Waals surface area contributed by atoms with Gasteiger partial charge >= 0.3 is 0 Å². The Bertz CT molecular complexity index is 1490. The lowest BCUT2D eigenvalue weighted by molar-refractivity contribution is 0.0715. The smallest absolute Gasteiger partial charge is 0.267 e. The minimum absolute atomic E-state index is 0.101. The highest BCUT2D eigenvalue weighted by atomic mass is 35.5. The summed E-state index contributed by atoms with van der Waals surface area (Å²) in [7, 11) is 0. The summed E-state index contributed by atoms with van der Waals surface area (Å²) in [5.74, 6) is 0.463. The molecule has 1 fully saturated rings. The number of rotatable bonds is 4. The van der Waals surface area contributed by atoms with Gasteiger partial charge in [0.25, 0.3) is 5.91 Å². The molecular formula is C23H23ClN8O2S. The number of pyridine rings is 1.